The average Bonchev–Trinajstić information content (AvgIpc) is 2.95. The topological polar surface area (TPSA) is 74.2 Å². The minimum absolute atomic E-state index is 0.185. The summed E-state index contributed by atoms with van der Waals surface area (Å²) in [5.74, 6) is 1.33. The van der Waals surface area contributed by atoms with Crippen LogP contribution in [0, 0.1) is 13.8 Å². The summed E-state index contributed by atoms with van der Waals surface area (Å²) in [5.41, 5.74) is 2.90. The lowest BCUT2D eigenvalue weighted by molar-refractivity contribution is 0.184. The number of hydrogen-bond acceptors (Lipinski definition) is 6. The Morgan fingerprint density at radius 3 is 2.74 bits per heavy atom. The van der Waals surface area contributed by atoms with E-state index in [0.717, 1.165) is 42.3 Å². The van der Waals surface area contributed by atoms with Crippen molar-refractivity contribution in [3.63, 3.8) is 0 Å². The Morgan fingerprint density at radius 2 is 2.00 bits per heavy atom. The zero-order valence-electron chi connectivity index (χ0n) is 13.7. The third-order valence-electron chi connectivity index (χ3n) is 4.09. The van der Waals surface area contributed by atoms with Crippen molar-refractivity contribution in [3.05, 3.63) is 41.3 Å². The fourth-order valence-corrected chi connectivity index (χ4v) is 3.16. The number of hydrogen-bond donors (Lipinski definition) is 2. The SMILES string of the molecule is Cc1cc(C)nc(Nc2cccc(C3CCCN3CCO)n2)n1. The van der Waals surface area contributed by atoms with Crippen LogP contribution in [0.3, 0.4) is 0 Å². The molecule has 3 heterocycles. The van der Waals surface area contributed by atoms with Crippen LogP contribution in [-0.4, -0.2) is 44.7 Å². The second-order valence-corrected chi connectivity index (χ2v) is 5.96. The van der Waals surface area contributed by atoms with Gasteiger partial charge in [0.1, 0.15) is 5.82 Å². The van der Waals surface area contributed by atoms with Gasteiger partial charge in [-0.1, -0.05) is 6.07 Å². The molecule has 0 radical (unpaired) electrons. The summed E-state index contributed by atoms with van der Waals surface area (Å²) < 4.78 is 0. The number of aliphatic hydroxyl groups is 1. The number of anilines is 2. The van der Waals surface area contributed by atoms with E-state index >= 15 is 0 Å². The summed E-state index contributed by atoms with van der Waals surface area (Å²) in [6.45, 7) is 5.81. The molecule has 2 aromatic rings. The molecule has 23 heavy (non-hydrogen) atoms. The van der Waals surface area contributed by atoms with Crippen LogP contribution in [-0.2, 0) is 0 Å². The number of pyridine rings is 1. The standard InChI is InChI=1S/C17H23N5O/c1-12-11-13(2)19-17(18-12)21-16-7-3-5-14(20-16)15-6-4-8-22(15)9-10-23/h3,5,7,11,15,23H,4,6,8-10H2,1-2H3,(H,18,19,20,21). The first-order valence-corrected chi connectivity index (χ1v) is 8.07. The van der Waals surface area contributed by atoms with Crippen LogP contribution in [0.2, 0.25) is 0 Å². The Labute approximate surface area is 136 Å². The average molecular weight is 313 g/mol. The molecule has 1 unspecified atom stereocenters. The number of nitrogens with one attached hydrogen (secondary N) is 1. The number of aromatic nitrogens is 3. The van der Waals surface area contributed by atoms with Crippen LogP contribution < -0.4 is 5.32 Å². The van der Waals surface area contributed by atoms with Gasteiger partial charge in [0.2, 0.25) is 5.95 Å². The monoisotopic (exact) mass is 313 g/mol. The lowest BCUT2D eigenvalue weighted by Crippen LogP contribution is -2.27. The Morgan fingerprint density at radius 1 is 1.22 bits per heavy atom. The van der Waals surface area contributed by atoms with Crippen LogP contribution >= 0.6 is 0 Å². The van der Waals surface area contributed by atoms with Gasteiger partial charge in [-0.3, -0.25) is 4.90 Å². The first-order valence-electron chi connectivity index (χ1n) is 8.07. The summed E-state index contributed by atoms with van der Waals surface area (Å²) in [6.07, 6.45) is 2.22. The van der Waals surface area contributed by atoms with Crippen LogP contribution in [0.1, 0.15) is 36.0 Å². The number of nitrogens with zero attached hydrogens (tertiary/aromatic N) is 4. The molecular weight excluding hydrogens is 290 g/mol. The molecule has 3 rings (SSSR count). The molecule has 0 amide bonds. The van der Waals surface area contributed by atoms with E-state index in [4.69, 9.17) is 4.98 Å². The summed E-state index contributed by atoms with van der Waals surface area (Å²) in [4.78, 5) is 15.8. The minimum Gasteiger partial charge on any atom is -0.395 e. The Hall–Kier alpha value is -2.05. The van der Waals surface area contributed by atoms with E-state index in [1.807, 2.05) is 38.1 Å². The second kappa shape index (κ2) is 7.02. The molecule has 0 saturated carbocycles. The Balaban J connectivity index is 1.79. The minimum atomic E-state index is 0.185. The number of β-amino-alcohol motifs (C(OH)–C–C–N with tert-alkyl or cyclic N) is 1. The quantitative estimate of drug-likeness (QED) is 0.883. The Kier molecular flexibility index (Phi) is 4.83. The fraction of sp³-hybridized carbons (Fsp3) is 0.471. The number of rotatable bonds is 5. The maximum atomic E-state index is 9.20. The van der Waals surface area contributed by atoms with E-state index in [9.17, 15) is 5.11 Å². The number of likely N-dealkylation sites (tertiary alicyclic amines) is 1. The summed E-state index contributed by atoms with van der Waals surface area (Å²) in [7, 11) is 0. The van der Waals surface area contributed by atoms with Crippen molar-refractivity contribution in [2.45, 2.75) is 32.7 Å². The molecule has 0 aromatic carbocycles. The highest BCUT2D eigenvalue weighted by molar-refractivity contribution is 5.48. The zero-order valence-corrected chi connectivity index (χ0v) is 13.7. The van der Waals surface area contributed by atoms with Crippen LogP contribution in [0.4, 0.5) is 11.8 Å². The largest absolute Gasteiger partial charge is 0.395 e. The summed E-state index contributed by atoms with van der Waals surface area (Å²) in [5, 5.41) is 12.4. The first-order chi connectivity index (χ1) is 11.2. The lowest BCUT2D eigenvalue weighted by Gasteiger charge is -2.23. The van der Waals surface area contributed by atoms with Gasteiger partial charge in [0.15, 0.2) is 0 Å². The van der Waals surface area contributed by atoms with Crippen LogP contribution in [0.5, 0.6) is 0 Å². The molecule has 2 aromatic heterocycles. The molecule has 1 aliphatic heterocycles. The van der Waals surface area contributed by atoms with Crippen LogP contribution in [0.25, 0.3) is 0 Å². The normalized spacial score (nSPS) is 18.3. The Bertz CT molecular complexity index is 656. The molecule has 1 atom stereocenters. The molecule has 0 bridgehead atoms. The molecule has 0 aliphatic carbocycles. The van der Waals surface area contributed by atoms with Crippen molar-refractivity contribution >= 4 is 11.8 Å². The van der Waals surface area contributed by atoms with Gasteiger partial charge in [-0.05, 0) is 51.4 Å². The van der Waals surface area contributed by atoms with Gasteiger partial charge in [0, 0.05) is 17.9 Å². The van der Waals surface area contributed by atoms with Crippen molar-refractivity contribution in [1.29, 1.82) is 0 Å². The van der Waals surface area contributed by atoms with Gasteiger partial charge >= 0.3 is 0 Å². The van der Waals surface area contributed by atoms with E-state index in [0.29, 0.717) is 12.5 Å². The van der Waals surface area contributed by atoms with E-state index in [1.165, 1.54) is 0 Å². The van der Waals surface area contributed by atoms with Crippen molar-refractivity contribution in [3.8, 4) is 0 Å². The van der Waals surface area contributed by atoms with Crippen molar-refractivity contribution < 1.29 is 5.11 Å². The van der Waals surface area contributed by atoms with E-state index in [-0.39, 0.29) is 12.6 Å². The van der Waals surface area contributed by atoms with Crippen molar-refractivity contribution in [2.75, 3.05) is 25.0 Å². The summed E-state index contributed by atoms with van der Waals surface area (Å²) in [6, 6.07) is 8.20. The summed E-state index contributed by atoms with van der Waals surface area (Å²) >= 11 is 0. The molecule has 122 valence electrons. The predicted molar refractivity (Wildman–Crippen MR) is 89.7 cm³/mol. The van der Waals surface area contributed by atoms with E-state index in [1.54, 1.807) is 0 Å². The molecule has 1 aliphatic rings. The second-order valence-electron chi connectivity index (χ2n) is 5.96. The van der Waals surface area contributed by atoms with Gasteiger partial charge < -0.3 is 10.4 Å². The molecule has 6 nitrogen and oxygen atoms in total. The molecule has 0 spiro atoms. The first kappa shape index (κ1) is 15.8. The molecular formula is C17H23N5O. The van der Waals surface area contributed by atoms with Crippen molar-refractivity contribution in [2.24, 2.45) is 0 Å². The molecule has 1 fully saturated rings. The third-order valence-corrected chi connectivity index (χ3v) is 4.09. The van der Waals surface area contributed by atoms with Gasteiger partial charge in [0.25, 0.3) is 0 Å². The maximum Gasteiger partial charge on any atom is 0.228 e. The van der Waals surface area contributed by atoms with Crippen molar-refractivity contribution in [1.82, 2.24) is 19.9 Å². The van der Waals surface area contributed by atoms with Gasteiger partial charge in [-0.15, -0.1) is 0 Å². The molecule has 2 N–H and O–H groups in total. The molecule has 1 saturated heterocycles. The van der Waals surface area contributed by atoms with E-state index in [2.05, 4.69) is 20.2 Å². The van der Waals surface area contributed by atoms with Gasteiger partial charge in [-0.2, -0.15) is 0 Å². The highest BCUT2D eigenvalue weighted by Gasteiger charge is 2.26. The maximum absolute atomic E-state index is 9.20. The third kappa shape index (κ3) is 3.83. The van der Waals surface area contributed by atoms with E-state index < -0.39 is 0 Å². The number of aliphatic hydroxyl groups excluding tert-OH is 1. The van der Waals surface area contributed by atoms with Gasteiger partial charge in [-0.25, -0.2) is 15.0 Å². The number of aryl methyl sites for hydroxylation is 2. The smallest absolute Gasteiger partial charge is 0.228 e. The highest BCUT2D eigenvalue weighted by atomic mass is 16.3. The highest BCUT2D eigenvalue weighted by Crippen LogP contribution is 2.31. The fourth-order valence-electron chi connectivity index (χ4n) is 3.16. The zero-order chi connectivity index (χ0) is 16.2. The van der Waals surface area contributed by atoms with Crippen LogP contribution in [0.15, 0.2) is 24.3 Å². The lowest BCUT2D eigenvalue weighted by atomic mass is 10.1. The predicted octanol–water partition coefficient (Wildman–Crippen LogP) is 2.36. The van der Waals surface area contributed by atoms with Gasteiger partial charge in [0.05, 0.1) is 18.3 Å². The molecule has 6 heteroatoms.